The van der Waals surface area contributed by atoms with Crippen LogP contribution in [-0.2, 0) is 4.79 Å². The summed E-state index contributed by atoms with van der Waals surface area (Å²) in [5.74, 6) is 0.417. The molecule has 2 aliphatic carbocycles. The van der Waals surface area contributed by atoms with Gasteiger partial charge in [0.15, 0.2) is 5.84 Å². The van der Waals surface area contributed by atoms with Gasteiger partial charge < -0.3 is 16.3 Å². The number of hydrogen-bond acceptors (Lipinski definition) is 4. The lowest BCUT2D eigenvalue weighted by atomic mass is 9.61. The molecular weight excluding hydrogens is 262 g/mol. The smallest absolute Gasteiger partial charge is 0.234 e. The number of amidine groups is 1. The number of amides is 1. The van der Waals surface area contributed by atoms with Crippen LogP contribution in [0.1, 0.15) is 39.0 Å². The molecule has 2 aliphatic rings. The molecule has 0 heterocycles. The summed E-state index contributed by atoms with van der Waals surface area (Å²) >= 11 is 1.83. The maximum Gasteiger partial charge on any atom is 0.234 e. The van der Waals surface area contributed by atoms with Crippen LogP contribution in [0.15, 0.2) is 5.16 Å². The van der Waals surface area contributed by atoms with Crippen LogP contribution in [0.25, 0.3) is 0 Å². The largest absolute Gasteiger partial charge is 0.409 e. The molecule has 6 heteroatoms. The summed E-state index contributed by atoms with van der Waals surface area (Å²) in [5.41, 5.74) is 4.95. The van der Waals surface area contributed by atoms with Crippen molar-refractivity contribution >= 4 is 23.5 Å². The predicted molar refractivity (Wildman–Crippen MR) is 77.3 cm³/mol. The van der Waals surface area contributed by atoms with E-state index < -0.39 is 5.41 Å². The molecule has 0 bridgehead atoms. The third-order valence-corrected chi connectivity index (χ3v) is 6.11. The van der Waals surface area contributed by atoms with E-state index in [1.807, 2.05) is 11.8 Å². The van der Waals surface area contributed by atoms with Crippen LogP contribution < -0.4 is 11.1 Å². The first-order valence-electron chi connectivity index (χ1n) is 6.79. The molecule has 0 spiro atoms. The van der Waals surface area contributed by atoms with Crippen LogP contribution >= 0.6 is 11.8 Å². The summed E-state index contributed by atoms with van der Waals surface area (Å²) in [6.07, 6.45) is 6.97. The lowest BCUT2D eigenvalue weighted by molar-refractivity contribution is -0.133. The summed E-state index contributed by atoms with van der Waals surface area (Å²) in [6, 6.07) is 0. The molecule has 0 unspecified atom stereocenters. The highest BCUT2D eigenvalue weighted by Crippen LogP contribution is 2.47. The van der Waals surface area contributed by atoms with Crippen LogP contribution in [0, 0.1) is 11.3 Å². The molecule has 19 heavy (non-hydrogen) atoms. The van der Waals surface area contributed by atoms with Crippen molar-refractivity contribution in [3.8, 4) is 0 Å². The SMILES string of the molecule is CSC1(CNC(=O)C2(C(N)=NO)CC(C)C2)CCC1. The van der Waals surface area contributed by atoms with Crippen molar-refractivity contribution in [1.82, 2.24) is 5.32 Å². The number of carbonyl (C=O) groups excluding carboxylic acids is 1. The Morgan fingerprint density at radius 3 is 2.53 bits per heavy atom. The quantitative estimate of drug-likeness (QED) is 0.309. The number of thioether (sulfide) groups is 1. The minimum atomic E-state index is -0.780. The Bertz CT molecular complexity index is 382. The molecular formula is C13H23N3O2S. The van der Waals surface area contributed by atoms with Crippen molar-refractivity contribution in [1.29, 1.82) is 0 Å². The zero-order valence-corrected chi connectivity index (χ0v) is 12.4. The van der Waals surface area contributed by atoms with E-state index in [1.165, 1.54) is 6.42 Å². The van der Waals surface area contributed by atoms with E-state index in [2.05, 4.69) is 23.7 Å². The molecule has 0 radical (unpaired) electrons. The number of nitrogens with one attached hydrogen (secondary N) is 1. The highest BCUT2D eigenvalue weighted by Gasteiger charge is 2.52. The van der Waals surface area contributed by atoms with Gasteiger partial charge in [0.2, 0.25) is 5.91 Å². The van der Waals surface area contributed by atoms with Crippen molar-refractivity contribution in [3.63, 3.8) is 0 Å². The fourth-order valence-corrected chi connectivity index (χ4v) is 4.08. The molecule has 0 aromatic heterocycles. The minimum Gasteiger partial charge on any atom is -0.409 e. The normalized spacial score (nSPS) is 33.2. The van der Waals surface area contributed by atoms with Gasteiger partial charge >= 0.3 is 0 Å². The van der Waals surface area contributed by atoms with Crippen molar-refractivity contribution in [3.05, 3.63) is 0 Å². The number of hydrogen-bond donors (Lipinski definition) is 3. The second kappa shape index (κ2) is 5.23. The van der Waals surface area contributed by atoms with E-state index in [1.54, 1.807) is 0 Å². The molecule has 4 N–H and O–H groups in total. The van der Waals surface area contributed by atoms with Gasteiger partial charge in [0.25, 0.3) is 0 Å². The van der Waals surface area contributed by atoms with E-state index in [-0.39, 0.29) is 16.5 Å². The van der Waals surface area contributed by atoms with Crippen LogP contribution in [0.3, 0.4) is 0 Å². The van der Waals surface area contributed by atoms with Crippen molar-refractivity contribution in [2.45, 2.75) is 43.8 Å². The van der Waals surface area contributed by atoms with Crippen molar-refractivity contribution < 1.29 is 10.0 Å². The number of oxime groups is 1. The predicted octanol–water partition coefficient (Wildman–Crippen LogP) is 1.55. The van der Waals surface area contributed by atoms with Gasteiger partial charge in [-0.15, -0.1) is 0 Å². The Labute approximate surface area is 118 Å². The molecule has 2 fully saturated rings. The van der Waals surface area contributed by atoms with Gasteiger partial charge in [-0.2, -0.15) is 11.8 Å². The Kier molecular flexibility index (Phi) is 3.99. The van der Waals surface area contributed by atoms with Crippen molar-refractivity contribution in [2.24, 2.45) is 22.2 Å². The van der Waals surface area contributed by atoms with E-state index >= 15 is 0 Å². The highest BCUT2D eigenvalue weighted by molar-refractivity contribution is 8.00. The van der Waals surface area contributed by atoms with Crippen LogP contribution in [0.4, 0.5) is 0 Å². The Balaban J connectivity index is 1.98. The number of rotatable bonds is 5. The fourth-order valence-electron chi connectivity index (χ4n) is 3.17. The molecule has 2 rings (SSSR count). The van der Waals surface area contributed by atoms with Gasteiger partial charge in [-0.05, 0) is 37.9 Å². The van der Waals surface area contributed by atoms with E-state index in [9.17, 15) is 4.79 Å². The fraction of sp³-hybridized carbons (Fsp3) is 0.846. The number of carbonyl (C=O) groups is 1. The average Bonchev–Trinajstić information content (AvgIpc) is 2.32. The lowest BCUT2D eigenvalue weighted by Gasteiger charge is -2.45. The number of nitrogens with two attached hydrogens (primary N) is 1. The third-order valence-electron chi connectivity index (χ3n) is 4.70. The molecule has 0 atom stereocenters. The number of nitrogens with zero attached hydrogens (tertiary/aromatic N) is 1. The summed E-state index contributed by atoms with van der Waals surface area (Å²) in [7, 11) is 0. The zero-order chi connectivity index (χ0) is 14.1. The minimum absolute atomic E-state index is 0.0508. The standard InChI is InChI=1S/C13H23N3O2S/c1-9-6-13(7-9,10(14)16-18)11(17)15-8-12(19-2)4-3-5-12/h9,18H,3-8H2,1-2H3,(H2,14,16)(H,15,17). The lowest BCUT2D eigenvalue weighted by Crippen LogP contribution is -2.58. The second-order valence-electron chi connectivity index (χ2n) is 6.00. The third kappa shape index (κ3) is 2.42. The molecule has 1 amide bonds. The van der Waals surface area contributed by atoms with E-state index in [0.29, 0.717) is 25.3 Å². The van der Waals surface area contributed by atoms with Gasteiger partial charge in [0, 0.05) is 11.3 Å². The first-order chi connectivity index (χ1) is 8.98. The van der Waals surface area contributed by atoms with Gasteiger partial charge in [-0.25, -0.2) is 0 Å². The monoisotopic (exact) mass is 285 g/mol. The first kappa shape index (κ1) is 14.5. The van der Waals surface area contributed by atoms with E-state index in [4.69, 9.17) is 10.9 Å². The molecule has 0 aromatic carbocycles. The Morgan fingerprint density at radius 2 is 2.16 bits per heavy atom. The zero-order valence-electron chi connectivity index (χ0n) is 11.6. The summed E-state index contributed by atoms with van der Waals surface area (Å²) in [5, 5.41) is 15.0. The topological polar surface area (TPSA) is 87.7 Å². The molecule has 5 nitrogen and oxygen atoms in total. The molecule has 0 saturated heterocycles. The molecule has 0 aliphatic heterocycles. The van der Waals surface area contributed by atoms with Crippen molar-refractivity contribution in [2.75, 3.05) is 12.8 Å². The molecule has 0 aromatic rings. The Morgan fingerprint density at radius 1 is 1.53 bits per heavy atom. The summed E-state index contributed by atoms with van der Waals surface area (Å²) in [4.78, 5) is 12.4. The second-order valence-corrected chi connectivity index (χ2v) is 7.28. The summed E-state index contributed by atoms with van der Waals surface area (Å²) in [6.45, 7) is 2.76. The maximum absolute atomic E-state index is 12.4. The Hall–Kier alpha value is -0.910. The van der Waals surface area contributed by atoms with Gasteiger partial charge in [0.05, 0.1) is 0 Å². The van der Waals surface area contributed by atoms with Gasteiger partial charge in [-0.3, -0.25) is 4.79 Å². The molecule has 2 saturated carbocycles. The van der Waals surface area contributed by atoms with Crippen LogP contribution in [0.5, 0.6) is 0 Å². The van der Waals surface area contributed by atoms with Crippen LogP contribution in [-0.4, -0.2) is 34.5 Å². The van der Waals surface area contributed by atoms with E-state index in [0.717, 1.165) is 12.8 Å². The first-order valence-corrected chi connectivity index (χ1v) is 8.02. The van der Waals surface area contributed by atoms with Crippen LogP contribution in [0.2, 0.25) is 0 Å². The highest BCUT2D eigenvalue weighted by atomic mass is 32.2. The molecule has 108 valence electrons. The average molecular weight is 285 g/mol. The summed E-state index contributed by atoms with van der Waals surface area (Å²) < 4.78 is 0.206. The van der Waals surface area contributed by atoms with Gasteiger partial charge in [0.1, 0.15) is 5.41 Å². The maximum atomic E-state index is 12.4. The van der Waals surface area contributed by atoms with Gasteiger partial charge in [-0.1, -0.05) is 18.5 Å².